The van der Waals surface area contributed by atoms with E-state index in [1.54, 1.807) is 4.90 Å². The minimum atomic E-state index is -0.203. The van der Waals surface area contributed by atoms with Crippen LogP contribution < -0.4 is 5.32 Å². The molecule has 5 rings (SSSR count). The zero-order valence-electron chi connectivity index (χ0n) is 19.7. The number of carbonyl (C=O) groups is 2. The molecule has 6 heteroatoms. The van der Waals surface area contributed by atoms with Gasteiger partial charge in [-0.25, -0.2) is 4.98 Å². The molecule has 0 aliphatic heterocycles. The number of imidazole rings is 1. The second-order valence-electron chi connectivity index (χ2n) is 9.71. The summed E-state index contributed by atoms with van der Waals surface area (Å²) < 4.78 is 1.91. The van der Waals surface area contributed by atoms with Gasteiger partial charge >= 0.3 is 0 Å². The summed E-state index contributed by atoms with van der Waals surface area (Å²) in [6.45, 7) is 2.81. The molecule has 2 aliphatic carbocycles. The van der Waals surface area contributed by atoms with E-state index in [9.17, 15) is 9.59 Å². The predicted molar refractivity (Wildman–Crippen MR) is 134 cm³/mol. The summed E-state index contributed by atoms with van der Waals surface area (Å²) in [5.41, 5.74) is 3.86. The third-order valence-electron chi connectivity index (χ3n) is 6.86. The second-order valence-corrected chi connectivity index (χ2v) is 9.71. The minimum Gasteiger partial charge on any atom is -0.333 e. The fourth-order valence-electron chi connectivity index (χ4n) is 4.73. The Morgan fingerprint density at radius 3 is 2.38 bits per heavy atom. The zero-order valence-corrected chi connectivity index (χ0v) is 19.7. The van der Waals surface area contributed by atoms with Gasteiger partial charge < -0.3 is 4.90 Å². The monoisotopic (exact) mass is 456 g/mol. The molecule has 34 heavy (non-hydrogen) atoms. The molecule has 6 nitrogen and oxygen atoms in total. The van der Waals surface area contributed by atoms with E-state index >= 15 is 0 Å². The molecule has 3 aromatic rings. The van der Waals surface area contributed by atoms with Gasteiger partial charge in [0.05, 0.1) is 12.2 Å². The van der Waals surface area contributed by atoms with Crippen LogP contribution in [0.1, 0.15) is 44.1 Å². The van der Waals surface area contributed by atoms with Crippen molar-refractivity contribution >= 4 is 17.8 Å². The van der Waals surface area contributed by atoms with Crippen LogP contribution >= 0.6 is 0 Å². The number of carbonyl (C=O) groups excluding carboxylic acids is 2. The molecular weight excluding hydrogens is 424 g/mol. The van der Waals surface area contributed by atoms with Gasteiger partial charge in [0.1, 0.15) is 0 Å². The second kappa shape index (κ2) is 9.84. The number of aromatic nitrogens is 2. The molecule has 1 heterocycles. The Balaban J connectivity index is 1.38. The van der Waals surface area contributed by atoms with E-state index in [2.05, 4.69) is 5.32 Å². The van der Waals surface area contributed by atoms with Gasteiger partial charge in [0.25, 0.3) is 0 Å². The Bertz CT molecular complexity index is 1140. The molecule has 0 bridgehead atoms. The number of nitrogens with zero attached hydrogens (tertiary/aromatic N) is 3. The average Bonchev–Trinajstić information content (AvgIpc) is 3.32. The summed E-state index contributed by atoms with van der Waals surface area (Å²) in [5, 5.41) is 3.00. The standard InChI is InChI=1S/C28H32N4O2/c1-20-11-15-24(16-12-20)32-18-25(22-7-3-2-4-8-22)29-28(32)30-26(33)19-31(17-21-13-14-21)27(34)23-9-5-6-10-23/h2-4,7-8,11-12,15-16,18,21,23H,5-6,9-10,13-14,17,19H2,1H3,(H,29,30,33). The van der Waals surface area contributed by atoms with Gasteiger partial charge in [0.2, 0.25) is 17.8 Å². The highest BCUT2D eigenvalue weighted by atomic mass is 16.2. The SMILES string of the molecule is Cc1ccc(-n2cc(-c3ccccc3)nc2NC(=O)CN(CC2CC2)C(=O)C2CCCC2)cc1. The van der Waals surface area contributed by atoms with Crippen molar-refractivity contribution in [3.05, 3.63) is 66.4 Å². The molecule has 2 aromatic carbocycles. The van der Waals surface area contributed by atoms with Crippen molar-refractivity contribution in [2.45, 2.75) is 45.4 Å². The summed E-state index contributed by atoms with van der Waals surface area (Å²) in [4.78, 5) is 32.8. The number of benzene rings is 2. The molecule has 0 atom stereocenters. The van der Waals surface area contributed by atoms with Crippen LogP contribution in [0.5, 0.6) is 0 Å². The van der Waals surface area contributed by atoms with Crippen molar-refractivity contribution in [2.24, 2.45) is 11.8 Å². The summed E-state index contributed by atoms with van der Waals surface area (Å²) >= 11 is 0. The maximum absolute atomic E-state index is 13.2. The predicted octanol–water partition coefficient (Wildman–Crippen LogP) is 5.22. The van der Waals surface area contributed by atoms with Crippen molar-refractivity contribution in [3.8, 4) is 16.9 Å². The van der Waals surface area contributed by atoms with Crippen LogP contribution in [-0.4, -0.2) is 39.4 Å². The van der Waals surface area contributed by atoms with Gasteiger partial charge in [-0.1, -0.05) is 60.9 Å². The maximum Gasteiger partial charge on any atom is 0.246 e. The fourth-order valence-corrected chi connectivity index (χ4v) is 4.73. The molecule has 1 N–H and O–H groups in total. The average molecular weight is 457 g/mol. The molecule has 0 radical (unpaired) electrons. The molecule has 0 unspecified atom stereocenters. The highest BCUT2D eigenvalue weighted by molar-refractivity contribution is 5.94. The Kier molecular flexibility index (Phi) is 6.48. The Morgan fingerprint density at radius 2 is 1.71 bits per heavy atom. The van der Waals surface area contributed by atoms with E-state index in [1.165, 1.54) is 5.56 Å². The van der Waals surface area contributed by atoms with Crippen LogP contribution in [0, 0.1) is 18.8 Å². The summed E-state index contributed by atoms with van der Waals surface area (Å²) in [6.07, 6.45) is 8.34. The molecule has 1 aromatic heterocycles. The molecule has 2 saturated carbocycles. The lowest BCUT2D eigenvalue weighted by molar-refractivity contribution is -0.138. The van der Waals surface area contributed by atoms with Crippen LogP contribution in [0.25, 0.3) is 16.9 Å². The molecule has 176 valence electrons. The van der Waals surface area contributed by atoms with Crippen LogP contribution in [0.4, 0.5) is 5.95 Å². The first kappa shape index (κ1) is 22.4. The summed E-state index contributed by atoms with van der Waals surface area (Å²) in [6, 6.07) is 18.1. The lowest BCUT2D eigenvalue weighted by Gasteiger charge is -2.25. The summed E-state index contributed by atoms with van der Waals surface area (Å²) in [7, 11) is 0. The van der Waals surface area contributed by atoms with E-state index in [4.69, 9.17) is 4.98 Å². The van der Waals surface area contributed by atoms with Crippen LogP contribution in [-0.2, 0) is 9.59 Å². The number of hydrogen-bond donors (Lipinski definition) is 1. The highest BCUT2D eigenvalue weighted by Gasteiger charge is 2.33. The van der Waals surface area contributed by atoms with Crippen molar-refractivity contribution in [3.63, 3.8) is 0 Å². The molecule has 0 spiro atoms. The number of nitrogens with one attached hydrogen (secondary N) is 1. The normalized spacial score (nSPS) is 15.9. The maximum atomic E-state index is 13.2. The first-order valence-electron chi connectivity index (χ1n) is 12.4. The van der Waals surface area contributed by atoms with Gasteiger partial charge in [-0.05, 0) is 50.7 Å². The third-order valence-corrected chi connectivity index (χ3v) is 6.86. The highest BCUT2D eigenvalue weighted by Crippen LogP contribution is 2.32. The number of rotatable bonds is 8. The number of anilines is 1. The van der Waals surface area contributed by atoms with Crippen molar-refractivity contribution in [1.29, 1.82) is 0 Å². The minimum absolute atomic E-state index is 0.0748. The molecule has 2 amide bonds. The van der Waals surface area contributed by atoms with Gasteiger partial charge in [-0.15, -0.1) is 0 Å². The quantitative estimate of drug-likeness (QED) is 0.506. The lowest BCUT2D eigenvalue weighted by Crippen LogP contribution is -2.42. The van der Waals surface area contributed by atoms with Crippen molar-refractivity contribution in [2.75, 3.05) is 18.4 Å². The van der Waals surface area contributed by atoms with E-state index in [-0.39, 0.29) is 24.3 Å². The number of aryl methyl sites for hydroxylation is 1. The van der Waals surface area contributed by atoms with Crippen LogP contribution in [0.2, 0.25) is 0 Å². The first-order valence-corrected chi connectivity index (χ1v) is 12.4. The van der Waals surface area contributed by atoms with E-state index < -0.39 is 0 Å². The van der Waals surface area contributed by atoms with Gasteiger partial charge in [-0.2, -0.15) is 0 Å². The van der Waals surface area contributed by atoms with Gasteiger partial charge in [0, 0.05) is 29.9 Å². The lowest BCUT2D eigenvalue weighted by atomic mass is 10.1. The van der Waals surface area contributed by atoms with Gasteiger partial charge in [0.15, 0.2) is 0 Å². The number of hydrogen-bond acceptors (Lipinski definition) is 3. The summed E-state index contributed by atoms with van der Waals surface area (Å²) in [5.74, 6) is 1.02. The van der Waals surface area contributed by atoms with E-state index in [0.29, 0.717) is 18.4 Å². The van der Waals surface area contributed by atoms with Crippen LogP contribution in [0.3, 0.4) is 0 Å². The van der Waals surface area contributed by atoms with Crippen molar-refractivity contribution < 1.29 is 9.59 Å². The Hall–Kier alpha value is -3.41. The zero-order chi connectivity index (χ0) is 23.5. The van der Waals surface area contributed by atoms with Gasteiger partial charge in [-0.3, -0.25) is 19.5 Å². The molecule has 2 fully saturated rings. The fraction of sp³-hybridized carbons (Fsp3) is 0.393. The molecule has 2 aliphatic rings. The third kappa shape index (κ3) is 5.22. The van der Waals surface area contributed by atoms with E-state index in [0.717, 1.165) is 55.5 Å². The largest absolute Gasteiger partial charge is 0.333 e. The topological polar surface area (TPSA) is 67.2 Å². The first-order chi connectivity index (χ1) is 16.6. The Morgan fingerprint density at radius 1 is 1.00 bits per heavy atom. The number of amides is 2. The van der Waals surface area contributed by atoms with Crippen LogP contribution in [0.15, 0.2) is 60.8 Å². The smallest absolute Gasteiger partial charge is 0.246 e. The molecular formula is C28H32N4O2. The molecule has 0 saturated heterocycles. The van der Waals surface area contributed by atoms with E-state index in [1.807, 2.05) is 72.3 Å². The van der Waals surface area contributed by atoms with Crippen molar-refractivity contribution in [1.82, 2.24) is 14.5 Å². The Labute approximate surface area is 201 Å².